The van der Waals surface area contributed by atoms with E-state index in [0.717, 1.165) is 10.4 Å². The van der Waals surface area contributed by atoms with E-state index in [1.165, 1.54) is 28.0 Å². The summed E-state index contributed by atoms with van der Waals surface area (Å²) < 4.78 is 15.2. The maximum absolute atomic E-state index is 13.7. The van der Waals surface area contributed by atoms with Gasteiger partial charge in [0.15, 0.2) is 5.13 Å². The van der Waals surface area contributed by atoms with Crippen LogP contribution in [0.1, 0.15) is 26.4 Å². The molecule has 2 aromatic carbocycles. The lowest BCUT2D eigenvalue weighted by Crippen LogP contribution is -2.21. The molecule has 0 atom stereocenters. The SMILES string of the molecule is Cc1ccc(Cc2cnc(NC(=O)c3cc(=O)n(C)c4ccccc34)s2)cc1F. The Morgan fingerprint density at radius 2 is 2.00 bits per heavy atom. The number of para-hydroxylation sites is 1. The molecule has 5 nitrogen and oxygen atoms in total. The first kappa shape index (κ1) is 19.0. The third-order valence-corrected chi connectivity index (χ3v) is 5.70. The van der Waals surface area contributed by atoms with Crippen molar-refractivity contribution in [3.05, 3.63) is 92.5 Å². The van der Waals surface area contributed by atoms with Crippen molar-refractivity contribution in [1.82, 2.24) is 9.55 Å². The number of carbonyl (C=O) groups excluding carboxylic acids is 1. The van der Waals surface area contributed by atoms with Gasteiger partial charge >= 0.3 is 0 Å². The number of amides is 1. The number of aryl methyl sites for hydroxylation is 2. The van der Waals surface area contributed by atoms with Gasteiger partial charge in [-0.05, 0) is 30.2 Å². The predicted octanol–water partition coefficient (Wildman–Crippen LogP) is 4.29. The van der Waals surface area contributed by atoms with Gasteiger partial charge in [0.1, 0.15) is 5.82 Å². The Hall–Kier alpha value is -3.32. The summed E-state index contributed by atoms with van der Waals surface area (Å²) in [6, 6.07) is 13.7. The van der Waals surface area contributed by atoms with E-state index in [1.807, 2.05) is 24.3 Å². The van der Waals surface area contributed by atoms with Crippen molar-refractivity contribution in [2.24, 2.45) is 7.05 Å². The monoisotopic (exact) mass is 407 g/mol. The number of hydrogen-bond donors (Lipinski definition) is 1. The number of nitrogens with one attached hydrogen (secondary N) is 1. The number of carbonyl (C=O) groups is 1. The van der Waals surface area contributed by atoms with Crippen LogP contribution >= 0.6 is 11.3 Å². The van der Waals surface area contributed by atoms with E-state index in [9.17, 15) is 14.0 Å². The second kappa shape index (κ2) is 7.60. The van der Waals surface area contributed by atoms with E-state index < -0.39 is 0 Å². The first-order chi connectivity index (χ1) is 13.9. The molecule has 0 radical (unpaired) electrons. The molecule has 0 saturated carbocycles. The van der Waals surface area contributed by atoms with Gasteiger partial charge in [0.05, 0.1) is 11.1 Å². The van der Waals surface area contributed by atoms with Crippen molar-refractivity contribution in [3.63, 3.8) is 0 Å². The van der Waals surface area contributed by atoms with Gasteiger partial charge in [0.25, 0.3) is 11.5 Å². The number of anilines is 1. The molecule has 1 N–H and O–H groups in total. The van der Waals surface area contributed by atoms with Crippen LogP contribution < -0.4 is 10.9 Å². The molecule has 0 unspecified atom stereocenters. The van der Waals surface area contributed by atoms with Crippen LogP contribution in [0.25, 0.3) is 10.9 Å². The Morgan fingerprint density at radius 1 is 1.21 bits per heavy atom. The van der Waals surface area contributed by atoms with Crippen molar-refractivity contribution >= 4 is 33.3 Å². The Kier molecular flexibility index (Phi) is 4.98. The van der Waals surface area contributed by atoms with E-state index in [1.54, 1.807) is 32.3 Å². The highest BCUT2D eigenvalue weighted by molar-refractivity contribution is 7.15. The number of nitrogens with zero attached hydrogens (tertiary/aromatic N) is 2. The zero-order valence-electron chi connectivity index (χ0n) is 15.9. The van der Waals surface area contributed by atoms with Gasteiger partial charge in [-0.1, -0.05) is 30.3 Å². The fourth-order valence-corrected chi connectivity index (χ4v) is 4.00. The minimum absolute atomic E-state index is 0.238. The third-order valence-electron chi connectivity index (χ3n) is 4.79. The molecule has 0 aliphatic heterocycles. The van der Waals surface area contributed by atoms with Gasteiger partial charge in [-0.25, -0.2) is 9.37 Å². The summed E-state index contributed by atoms with van der Waals surface area (Å²) in [4.78, 5) is 30.2. The lowest BCUT2D eigenvalue weighted by Gasteiger charge is -2.09. The molecule has 7 heteroatoms. The lowest BCUT2D eigenvalue weighted by molar-refractivity contribution is 0.102. The highest BCUT2D eigenvalue weighted by Crippen LogP contribution is 2.24. The molecule has 0 bridgehead atoms. The zero-order chi connectivity index (χ0) is 20.5. The van der Waals surface area contributed by atoms with Crippen LogP contribution in [0.2, 0.25) is 0 Å². The molecule has 2 heterocycles. The molecule has 1 amide bonds. The van der Waals surface area contributed by atoms with Crippen molar-refractivity contribution in [3.8, 4) is 0 Å². The maximum atomic E-state index is 13.7. The van der Waals surface area contributed by atoms with Crippen LogP contribution in [0.3, 0.4) is 0 Å². The number of halogens is 1. The van der Waals surface area contributed by atoms with Gasteiger partial charge in [-0.15, -0.1) is 11.3 Å². The fourth-order valence-electron chi connectivity index (χ4n) is 3.16. The molecular weight excluding hydrogens is 389 g/mol. The molecular formula is C22H18FN3O2S. The highest BCUT2D eigenvalue weighted by Gasteiger charge is 2.15. The molecule has 0 fully saturated rings. The Balaban J connectivity index is 1.57. The first-order valence-electron chi connectivity index (χ1n) is 9.02. The summed E-state index contributed by atoms with van der Waals surface area (Å²) in [5.41, 5.74) is 2.18. The van der Waals surface area contributed by atoms with Gasteiger partial charge in [-0.3, -0.25) is 14.9 Å². The van der Waals surface area contributed by atoms with Crippen LogP contribution in [0, 0.1) is 12.7 Å². The normalized spacial score (nSPS) is 11.0. The summed E-state index contributed by atoms with van der Waals surface area (Å²) >= 11 is 1.32. The Bertz CT molecular complexity index is 1290. The van der Waals surface area contributed by atoms with Crippen molar-refractivity contribution in [2.45, 2.75) is 13.3 Å². The summed E-state index contributed by atoms with van der Waals surface area (Å²) in [6.45, 7) is 1.72. The lowest BCUT2D eigenvalue weighted by atomic mass is 10.1. The van der Waals surface area contributed by atoms with Crippen LogP contribution in [0.15, 0.2) is 59.5 Å². The molecule has 4 aromatic rings. The molecule has 0 spiro atoms. The summed E-state index contributed by atoms with van der Waals surface area (Å²) in [5.74, 6) is -0.626. The third kappa shape index (κ3) is 3.82. The van der Waals surface area contributed by atoms with E-state index in [4.69, 9.17) is 0 Å². The van der Waals surface area contributed by atoms with E-state index >= 15 is 0 Å². The van der Waals surface area contributed by atoms with Crippen molar-refractivity contribution in [2.75, 3.05) is 5.32 Å². The Morgan fingerprint density at radius 3 is 2.79 bits per heavy atom. The maximum Gasteiger partial charge on any atom is 0.258 e. The van der Waals surface area contributed by atoms with Crippen molar-refractivity contribution < 1.29 is 9.18 Å². The average molecular weight is 407 g/mol. The highest BCUT2D eigenvalue weighted by atomic mass is 32.1. The fraction of sp³-hybridized carbons (Fsp3) is 0.136. The zero-order valence-corrected chi connectivity index (χ0v) is 16.7. The molecule has 29 heavy (non-hydrogen) atoms. The van der Waals surface area contributed by atoms with Gasteiger partial charge in [0.2, 0.25) is 0 Å². The van der Waals surface area contributed by atoms with E-state index in [2.05, 4.69) is 10.3 Å². The number of rotatable bonds is 4. The number of hydrogen-bond acceptors (Lipinski definition) is 4. The largest absolute Gasteiger partial charge is 0.311 e. The second-order valence-corrected chi connectivity index (χ2v) is 7.93. The molecule has 0 aliphatic rings. The number of thiazole rings is 1. The van der Waals surface area contributed by atoms with E-state index in [0.29, 0.717) is 33.6 Å². The first-order valence-corrected chi connectivity index (χ1v) is 9.84. The van der Waals surface area contributed by atoms with Gasteiger partial charge in [0, 0.05) is 36.0 Å². The van der Waals surface area contributed by atoms with Crippen LogP contribution in [-0.4, -0.2) is 15.5 Å². The molecule has 4 rings (SSSR count). The topological polar surface area (TPSA) is 64.0 Å². The van der Waals surface area contributed by atoms with Crippen LogP contribution in [0.5, 0.6) is 0 Å². The average Bonchev–Trinajstić information content (AvgIpc) is 3.14. The molecule has 146 valence electrons. The summed E-state index contributed by atoms with van der Waals surface area (Å²) in [6.07, 6.45) is 2.19. The molecule has 0 saturated heterocycles. The Labute approximate surface area is 170 Å². The smallest absolute Gasteiger partial charge is 0.258 e. The summed E-state index contributed by atoms with van der Waals surface area (Å²) in [5, 5.41) is 3.90. The molecule has 2 aromatic heterocycles. The quantitative estimate of drug-likeness (QED) is 0.549. The number of aromatic nitrogens is 2. The van der Waals surface area contributed by atoms with Gasteiger partial charge < -0.3 is 4.57 Å². The number of pyridine rings is 1. The molecule has 0 aliphatic carbocycles. The van der Waals surface area contributed by atoms with Crippen LogP contribution in [0.4, 0.5) is 9.52 Å². The number of benzene rings is 2. The number of fused-ring (bicyclic) bond motifs is 1. The van der Waals surface area contributed by atoms with Crippen molar-refractivity contribution in [1.29, 1.82) is 0 Å². The minimum Gasteiger partial charge on any atom is -0.311 e. The minimum atomic E-state index is -0.388. The van der Waals surface area contributed by atoms with Crippen LogP contribution in [-0.2, 0) is 13.5 Å². The summed E-state index contributed by atoms with van der Waals surface area (Å²) in [7, 11) is 1.67. The standard InChI is InChI=1S/C22H18FN3O2S/c1-13-7-8-14(10-18(13)23)9-15-12-24-22(29-15)25-21(28)17-11-20(27)26(2)19-6-4-3-5-16(17)19/h3-8,10-12H,9H2,1-2H3,(H,24,25,28). The van der Waals surface area contributed by atoms with E-state index in [-0.39, 0.29) is 17.3 Å². The van der Waals surface area contributed by atoms with Gasteiger partial charge in [-0.2, -0.15) is 0 Å². The second-order valence-electron chi connectivity index (χ2n) is 6.82. The predicted molar refractivity (Wildman–Crippen MR) is 113 cm³/mol.